The molecule has 0 radical (unpaired) electrons. The number of carboxylic acid groups (broad SMARTS) is 1. The lowest BCUT2D eigenvalue weighted by Gasteiger charge is -2.37. The molecule has 1 heterocycles. The van der Waals surface area contributed by atoms with Crippen LogP contribution in [0.2, 0.25) is 0 Å². The smallest absolute Gasteiger partial charge is 0.339 e. The number of carbonyl (C=O) groups is 1. The zero-order valence-electron chi connectivity index (χ0n) is 16.5. The Kier molecular flexibility index (Phi) is 6.58. The molecular formula is C22H36O5. The van der Waals surface area contributed by atoms with Gasteiger partial charge in [0, 0.05) is 14.3 Å². The highest BCUT2D eigenvalue weighted by molar-refractivity contribution is 5.94. The molecule has 0 bridgehead atoms. The van der Waals surface area contributed by atoms with Gasteiger partial charge in [0.05, 0.1) is 0 Å². The molecule has 1 aromatic rings. The van der Waals surface area contributed by atoms with Crippen molar-refractivity contribution in [1.29, 1.82) is 0 Å². The van der Waals surface area contributed by atoms with Crippen molar-refractivity contribution in [3.63, 3.8) is 0 Å². The molecule has 2 aliphatic rings. The molecule has 5 nitrogen and oxygen atoms in total. The van der Waals surface area contributed by atoms with E-state index in [9.17, 15) is 15.0 Å². The lowest BCUT2D eigenvalue weighted by molar-refractivity contribution is 0.0692. The first-order valence-electron chi connectivity index (χ1n) is 9.80. The molecule has 1 aliphatic heterocycles. The molecule has 2 unspecified atom stereocenters. The lowest BCUT2D eigenvalue weighted by Crippen LogP contribution is -2.36. The van der Waals surface area contributed by atoms with Crippen molar-refractivity contribution in [3.8, 4) is 11.5 Å². The summed E-state index contributed by atoms with van der Waals surface area (Å²) in [6, 6.07) is 1.87. The SMILES string of the molecule is C=C(C)[C@@H]1CC[C@@H](C)C2Oc3cc(CCCCC)c(C(=O)O)c(O)c3C21.O.[HH].[HH]. The number of unbranched alkanes of at least 4 members (excludes halogenated alkanes) is 2. The van der Waals surface area contributed by atoms with Crippen molar-refractivity contribution in [1.82, 2.24) is 0 Å². The van der Waals surface area contributed by atoms with Crippen LogP contribution in [0, 0.1) is 11.8 Å². The van der Waals surface area contributed by atoms with Crippen molar-refractivity contribution in [2.75, 3.05) is 0 Å². The summed E-state index contributed by atoms with van der Waals surface area (Å²) in [5.41, 5.74) is 2.50. The first kappa shape index (κ1) is 21.3. The van der Waals surface area contributed by atoms with Crippen molar-refractivity contribution in [3.05, 3.63) is 34.9 Å². The van der Waals surface area contributed by atoms with E-state index in [-0.39, 0.29) is 37.6 Å². The van der Waals surface area contributed by atoms with E-state index in [1.807, 2.05) is 13.0 Å². The third kappa shape index (κ3) is 3.70. The molecule has 0 aromatic heterocycles. The Hall–Kier alpha value is -2.01. The third-order valence-electron chi connectivity index (χ3n) is 6.16. The van der Waals surface area contributed by atoms with Gasteiger partial charge in [-0.3, -0.25) is 0 Å². The van der Waals surface area contributed by atoms with Crippen LogP contribution < -0.4 is 4.74 Å². The molecule has 27 heavy (non-hydrogen) atoms. The van der Waals surface area contributed by atoms with E-state index in [1.165, 1.54) is 0 Å². The Bertz CT molecular complexity index is 734. The maximum Gasteiger partial charge on any atom is 0.339 e. The standard InChI is InChI=1S/C22H30O4.H2O.2H2/c1-5-6-7-8-14-11-16-19(20(23)17(14)22(24)25)18-15(12(2)3)10-9-13(4)21(18)26-16;;;/h11,13,15,18,21,23H,2,5-10H2,1,3-4H3,(H,24,25);1H2;2*1H/t13-,15+,18?,21?;;;/m1.../s1. The Morgan fingerprint density at radius 1 is 1.37 bits per heavy atom. The van der Waals surface area contributed by atoms with Crippen LogP contribution >= 0.6 is 0 Å². The van der Waals surface area contributed by atoms with Crippen LogP contribution in [0.5, 0.6) is 11.5 Å². The summed E-state index contributed by atoms with van der Waals surface area (Å²) in [7, 11) is 0. The zero-order valence-corrected chi connectivity index (χ0v) is 16.5. The largest absolute Gasteiger partial charge is 0.507 e. The summed E-state index contributed by atoms with van der Waals surface area (Å²) >= 11 is 0. The highest BCUT2D eigenvalue weighted by Crippen LogP contribution is 2.56. The normalized spacial score (nSPS) is 25.7. The maximum absolute atomic E-state index is 11.9. The fourth-order valence-corrected chi connectivity index (χ4v) is 4.76. The van der Waals surface area contributed by atoms with E-state index in [1.54, 1.807) is 0 Å². The molecule has 3 rings (SSSR count). The van der Waals surface area contributed by atoms with Gasteiger partial charge in [0.25, 0.3) is 0 Å². The van der Waals surface area contributed by atoms with Gasteiger partial charge in [-0.25, -0.2) is 4.79 Å². The second kappa shape index (κ2) is 8.34. The molecule has 4 atom stereocenters. The highest BCUT2D eigenvalue weighted by Gasteiger charge is 2.48. The van der Waals surface area contributed by atoms with E-state index < -0.39 is 5.97 Å². The van der Waals surface area contributed by atoms with E-state index >= 15 is 0 Å². The fourth-order valence-electron chi connectivity index (χ4n) is 4.76. The van der Waals surface area contributed by atoms with E-state index in [0.717, 1.165) is 37.7 Å². The third-order valence-corrected chi connectivity index (χ3v) is 6.16. The maximum atomic E-state index is 11.9. The Morgan fingerprint density at radius 3 is 2.67 bits per heavy atom. The van der Waals surface area contributed by atoms with Crippen molar-refractivity contribution in [2.24, 2.45) is 11.8 Å². The number of aromatic carboxylic acids is 1. The number of aryl methyl sites for hydroxylation is 1. The van der Waals surface area contributed by atoms with Gasteiger partial charge in [-0.05, 0) is 56.1 Å². The van der Waals surface area contributed by atoms with Crippen LogP contribution in [0.3, 0.4) is 0 Å². The van der Waals surface area contributed by atoms with E-state index in [0.29, 0.717) is 29.2 Å². The molecule has 0 saturated heterocycles. The van der Waals surface area contributed by atoms with Crippen molar-refractivity contribution in [2.45, 2.75) is 71.3 Å². The molecule has 1 aliphatic carbocycles. The minimum Gasteiger partial charge on any atom is -0.507 e. The Labute approximate surface area is 164 Å². The molecule has 154 valence electrons. The first-order chi connectivity index (χ1) is 12.4. The van der Waals surface area contributed by atoms with Gasteiger partial charge in [-0.15, -0.1) is 0 Å². The second-order valence-electron chi connectivity index (χ2n) is 8.05. The van der Waals surface area contributed by atoms with Gasteiger partial charge in [0.15, 0.2) is 0 Å². The molecule has 1 aromatic carbocycles. The van der Waals surface area contributed by atoms with Gasteiger partial charge < -0.3 is 20.4 Å². The van der Waals surface area contributed by atoms with Crippen molar-refractivity contribution < 1.29 is 28.1 Å². The summed E-state index contributed by atoms with van der Waals surface area (Å²) < 4.78 is 6.27. The number of aromatic hydroxyl groups is 1. The van der Waals surface area contributed by atoms with Crippen molar-refractivity contribution >= 4 is 5.97 Å². The molecule has 0 spiro atoms. The first-order valence-corrected chi connectivity index (χ1v) is 9.80. The summed E-state index contributed by atoms with van der Waals surface area (Å²) in [5, 5.41) is 20.7. The van der Waals surface area contributed by atoms with Gasteiger partial charge in [0.1, 0.15) is 23.2 Å². The van der Waals surface area contributed by atoms with Gasteiger partial charge in [0.2, 0.25) is 0 Å². The number of phenols is 1. The predicted molar refractivity (Wildman–Crippen MR) is 110 cm³/mol. The average Bonchev–Trinajstić information content (AvgIpc) is 2.95. The summed E-state index contributed by atoms with van der Waals surface area (Å²) in [6.07, 6.45) is 5.71. The highest BCUT2D eigenvalue weighted by atomic mass is 16.5. The number of carboxylic acids is 1. The van der Waals surface area contributed by atoms with Gasteiger partial charge >= 0.3 is 5.97 Å². The topological polar surface area (TPSA) is 98.3 Å². The number of benzene rings is 1. The van der Waals surface area contributed by atoms with Gasteiger partial charge in [-0.2, -0.15) is 0 Å². The number of rotatable bonds is 6. The van der Waals surface area contributed by atoms with Crippen LogP contribution in [-0.2, 0) is 6.42 Å². The quantitative estimate of drug-likeness (QED) is 0.538. The molecule has 0 amide bonds. The number of ether oxygens (including phenoxy) is 1. The Morgan fingerprint density at radius 2 is 2.07 bits per heavy atom. The fraction of sp³-hybridized carbons (Fsp3) is 0.591. The average molecular weight is 381 g/mol. The number of hydrogen-bond acceptors (Lipinski definition) is 3. The minimum absolute atomic E-state index is 0. The van der Waals surface area contributed by atoms with Crippen LogP contribution in [0.25, 0.3) is 0 Å². The summed E-state index contributed by atoms with van der Waals surface area (Å²) in [4.78, 5) is 11.9. The predicted octanol–water partition coefficient (Wildman–Crippen LogP) is 4.96. The van der Waals surface area contributed by atoms with Crippen LogP contribution in [0.4, 0.5) is 0 Å². The van der Waals surface area contributed by atoms with Crippen LogP contribution in [0.1, 0.15) is 83.1 Å². The second-order valence-corrected chi connectivity index (χ2v) is 8.05. The summed E-state index contributed by atoms with van der Waals surface area (Å²) in [6.45, 7) is 10.4. The summed E-state index contributed by atoms with van der Waals surface area (Å²) in [5.74, 6) is 0.114. The van der Waals surface area contributed by atoms with Crippen LogP contribution in [0.15, 0.2) is 18.2 Å². The molecule has 4 N–H and O–H groups in total. The zero-order chi connectivity index (χ0) is 19.0. The minimum atomic E-state index is -1.06. The van der Waals surface area contributed by atoms with E-state index in [2.05, 4.69) is 20.4 Å². The molecule has 1 fully saturated rings. The number of fused-ring (bicyclic) bond motifs is 3. The van der Waals surface area contributed by atoms with Gasteiger partial charge in [-0.1, -0.05) is 38.8 Å². The molecule has 5 heteroatoms. The monoisotopic (exact) mass is 380 g/mol. The van der Waals surface area contributed by atoms with E-state index in [4.69, 9.17) is 4.74 Å². The Balaban J connectivity index is 0.00000261. The number of allylic oxidation sites excluding steroid dienone is 1. The molecular weight excluding hydrogens is 344 g/mol. The molecule has 1 saturated carbocycles. The number of hydrogen-bond donors (Lipinski definition) is 2. The van der Waals surface area contributed by atoms with Crippen LogP contribution in [-0.4, -0.2) is 27.8 Å². The lowest BCUT2D eigenvalue weighted by atomic mass is 9.68.